The quantitative estimate of drug-likeness (QED) is 0.508. The minimum Gasteiger partial charge on any atom is -0.480 e. The van der Waals surface area contributed by atoms with E-state index in [0.717, 1.165) is 50.7 Å². The van der Waals surface area contributed by atoms with Crippen molar-refractivity contribution in [3.05, 3.63) is 65.2 Å². The Morgan fingerprint density at radius 2 is 1.47 bits per heavy atom. The third kappa shape index (κ3) is 6.87. The Bertz CT molecular complexity index is 972. The molecule has 4 rings (SSSR count). The van der Waals surface area contributed by atoms with Gasteiger partial charge in [-0.3, -0.25) is 4.90 Å². The monoisotopic (exact) mass is 467 g/mol. The lowest BCUT2D eigenvalue weighted by Crippen LogP contribution is -2.49. The number of piperazine rings is 1. The number of amidine groups is 1. The van der Waals surface area contributed by atoms with Crippen LogP contribution in [-0.2, 0) is 25.4 Å². The number of nitrogens with zero attached hydrogens (tertiary/aromatic N) is 3. The summed E-state index contributed by atoms with van der Waals surface area (Å²) in [6, 6.07) is 17.1. The van der Waals surface area contributed by atoms with Gasteiger partial charge < -0.3 is 24.2 Å². The van der Waals surface area contributed by atoms with E-state index in [9.17, 15) is 4.79 Å². The van der Waals surface area contributed by atoms with Crippen LogP contribution in [0.1, 0.15) is 16.7 Å². The Morgan fingerprint density at radius 1 is 0.824 bits per heavy atom. The molecule has 0 unspecified atom stereocenters. The van der Waals surface area contributed by atoms with E-state index in [1.165, 1.54) is 16.7 Å². The van der Waals surface area contributed by atoms with Crippen LogP contribution in [0.15, 0.2) is 53.5 Å². The van der Waals surface area contributed by atoms with E-state index in [2.05, 4.69) is 58.3 Å². The van der Waals surface area contributed by atoms with Crippen molar-refractivity contribution in [3.8, 4) is 0 Å². The SMILES string of the molecule is O=C(O)COCCOCCOCCN1CCN(C2=Nc3ccccc3Cc3ccccc32)CC1. The molecule has 0 aromatic heterocycles. The van der Waals surface area contributed by atoms with Gasteiger partial charge in [0.2, 0.25) is 0 Å². The molecule has 0 radical (unpaired) electrons. The third-order valence-corrected chi connectivity index (χ3v) is 6.05. The number of hydrogen-bond acceptors (Lipinski definition) is 7. The van der Waals surface area contributed by atoms with E-state index in [0.29, 0.717) is 26.4 Å². The molecular weight excluding hydrogens is 434 g/mol. The van der Waals surface area contributed by atoms with Crippen LogP contribution in [0.5, 0.6) is 0 Å². The second-order valence-corrected chi connectivity index (χ2v) is 8.40. The maximum atomic E-state index is 10.3. The lowest BCUT2D eigenvalue weighted by atomic mass is 9.99. The predicted octanol–water partition coefficient (Wildman–Crippen LogP) is 2.42. The highest BCUT2D eigenvalue weighted by molar-refractivity contribution is 6.02. The fraction of sp³-hybridized carbons (Fsp3) is 0.462. The fourth-order valence-corrected chi connectivity index (χ4v) is 4.26. The first-order chi connectivity index (χ1) is 16.7. The van der Waals surface area contributed by atoms with Crippen LogP contribution in [0.4, 0.5) is 5.69 Å². The number of aliphatic carboxylic acids is 1. The second kappa shape index (κ2) is 12.6. The zero-order valence-corrected chi connectivity index (χ0v) is 19.5. The van der Waals surface area contributed by atoms with Gasteiger partial charge >= 0.3 is 5.97 Å². The second-order valence-electron chi connectivity index (χ2n) is 8.40. The van der Waals surface area contributed by atoms with Crippen LogP contribution in [0.25, 0.3) is 0 Å². The van der Waals surface area contributed by atoms with Crippen molar-refractivity contribution in [2.75, 3.05) is 72.4 Å². The van der Waals surface area contributed by atoms with E-state index >= 15 is 0 Å². The lowest BCUT2D eigenvalue weighted by molar-refractivity contribution is -0.142. The zero-order chi connectivity index (χ0) is 23.6. The number of para-hydroxylation sites is 1. The van der Waals surface area contributed by atoms with E-state index < -0.39 is 5.97 Å². The van der Waals surface area contributed by atoms with E-state index in [-0.39, 0.29) is 13.2 Å². The summed E-state index contributed by atoms with van der Waals surface area (Å²) in [5, 5.41) is 8.49. The molecule has 0 spiro atoms. The Labute approximate surface area is 200 Å². The highest BCUT2D eigenvalue weighted by Gasteiger charge is 2.24. The summed E-state index contributed by atoms with van der Waals surface area (Å²) in [6.07, 6.45) is 0.912. The van der Waals surface area contributed by atoms with Gasteiger partial charge in [-0.15, -0.1) is 0 Å². The Hall–Kier alpha value is -2.78. The number of carboxylic acid groups (broad SMARTS) is 1. The highest BCUT2D eigenvalue weighted by atomic mass is 16.5. The number of hydrogen-bond donors (Lipinski definition) is 1. The van der Waals surface area contributed by atoms with E-state index in [1.807, 2.05) is 0 Å². The van der Waals surface area contributed by atoms with Crippen LogP contribution in [0.2, 0.25) is 0 Å². The summed E-state index contributed by atoms with van der Waals surface area (Å²) in [5.74, 6) is 0.113. The number of carboxylic acids is 1. The van der Waals surface area contributed by atoms with Crippen molar-refractivity contribution in [2.24, 2.45) is 4.99 Å². The van der Waals surface area contributed by atoms with Gasteiger partial charge in [0.15, 0.2) is 0 Å². The number of rotatable bonds is 11. The number of fused-ring (bicyclic) bond motifs is 2. The molecule has 182 valence electrons. The molecule has 8 heteroatoms. The highest BCUT2D eigenvalue weighted by Crippen LogP contribution is 2.29. The molecule has 2 aromatic carbocycles. The Balaban J connectivity index is 1.19. The minimum absolute atomic E-state index is 0.276. The topological polar surface area (TPSA) is 83.8 Å². The van der Waals surface area contributed by atoms with Crippen molar-refractivity contribution in [2.45, 2.75) is 6.42 Å². The van der Waals surface area contributed by atoms with Gasteiger partial charge in [0.05, 0.1) is 38.7 Å². The average Bonchev–Trinajstić information content (AvgIpc) is 3.02. The molecule has 8 nitrogen and oxygen atoms in total. The standard InChI is InChI=1S/C26H33N3O5/c30-25(31)20-34-18-17-33-16-15-32-14-13-28-9-11-29(12-10-28)26-23-7-3-1-5-21(23)19-22-6-2-4-8-24(22)27-26/h1-8H,9-20H2,(H,30,31). The summed E-state index contributed by atoms with van der Waals surface area (Å²) in [5.41, 5.74) is 4.92. The largest absolute Gasteiger partial charge is 0.480 e. The first kappa shape index (κ1) is 24.3. The first-order valence-corrected chi connectivity index (χ1v) is 11.9. The van der Waals surface area contributed by atoms with Crippen molar-refractivity contribution in [3.63, 3.8) is 0 Å². The van der Waals surface area contributed by atoms with Gasteiger partial charge in [-0.1, -0.05) is 42.5 Å². The molecule has 1 saturated heterocycles. The third-order valence-electron chi connectivity index (χ3n) is 6.05. The molecule has 2 aliphatic heterocycles. The maximum Gasteiger partial charge on any atom is 0.329 e. The van der Waals surface area contributed by atoms with Crippen LogP contribution in [0.3, 0.4) is 0 Å². The van der Waals surface area contributed by atoms with Gasteiger partial charge in [-0.2, -0.15) is 0 Å². The smallest absolute Gasteiger partial charge is 0.329 e. The molecular formula is C26H33N3O5. The average molecular weight is 468 g/mol. The molecule has 1 N–H and O–H groups in total. The summed E-state index contributed by atoms with van der Waals surface area (Å²) in [7, 11) is 0. The Morgan fingerprint density at radius 3 is 2.24 bits per heavy atom. The van der Waals surface area contributed by atoms with Gasteiger partial charge in [0, 0.05) is 44.7 Å². The van der Waals surface area contributed by atoms with Gasteiger partial charge in [-0.25, -0.2) is 9.79 Å². The molecule has 2 heterocycles. The van der Waals surface area contributed by atoms with Gasteiger partial charge in [0.25, 0.3) is 0 Å². The summed E-state index contributed by atoms with van der Waals surface area (Å²) in [4.78, 5) is 20.3. The number of ether oxygens (including phenoxy) is 3. The van der Waals surface area contributed by atoms with E-state index in [4.69, 9.17) is 24.3 Å². The molecule has 0 amide bonds. The van der Waals surface area contributed by atoms with Crippen molar-refractivity contribution in [1.82, 2.24) is 9.80 Å². The molecule has 1 fully saturated rings. The number of carbonyl (C=O) groups is 1. The molecule has 0 aliphatic carbocycles. The maximum absolute atomic E-state index is 10.3. The molecule has 0 atom stereocenters. The summed E-state index contributed by atoms with van der Waals surface area (Å²) < 4.78 is 16.0. The van der Waals surface area contributed by atoms with Crippen LogP contribution >= 0.6 is 0 Å². The normalized spacial score (nSPS) is 15.9. The van der Waals surface area contributed by atoms with E-state index in [1.54, 1.807) is 0 Å². The van der Waals surface area contributed by atoms with Crippen LogP contribution < -0.4 is 0 Å². The predicted molar refractivity (Wildman–Crippen MR) is 130 cm³/mol. The zero-order valence-electron chi connectivity index (χ0n) is 19.5. The van der Waals surface area contributed by atoms with Gasteiger partial charge in [-0.05, 0) is 17.2 Å². The molecule has 0 saturated carbocycles. The van der Waals surface area contributed by atoms with Crippen molar-refractivity contribution >= 4 is 17.5 Å². The Kier molecular flexibility index (Phi) is 9.04. The van der Waals surface area contributed by atoms with Crippen molar-refractivity contribution < 1.29 is 24.1 Å². The van der Waals surface area contributed by atoms with Gasteiger partial charge in [0.1, 0.15) is 12.4 Å². The summed E-state index contributed by atoms with van der Waals surface area (Å²) >= 11 is 0. The minimum atomic E-state index is -0.971. The van der Waals surface area contributed by atoms with Crippen LogP contribution in [0, 0.1) is 0 Å². The molecule has 0 bridgehead atoms. The molecule has 2 aromatic rings. The number of benzene rings is 2. The summed E-state index contributed by atoms with van der Waals surface area (Å²) in [6.45, 7) is 6.74. The van der Waals surface area contributed by atoms with Crippen LogP contribution in [-0.4, -0.2) is 99.1 Å². The number of aliphatic imine (C=N–C) groups is 1. The molecule has 2 aliphatic rings. The first-order valence-electron chi connectivity index (χ1n) is 11.9. The fourth-order valence-electron chi connectivity index (χ4n) is 4.26. The molecule has 34 heavy (non-hydrogen) atoms. The lowest BCUT2D eigenvalue weighted by Gasteiger charge is -2.36. The van der Waals surface area contributed by atoms with Crippen molar-refractivity contribution in [1.29, 1.82) is 0 Å².